The van der Waals surface area contributed by atoms with Crippen molar-refractivity contribution in [2.45, 2.75) is 57.5 Å². The van der Waals surface area contributed by atoms with Gasteiger partial charge in [0, 0.05) is 42.7 Å². The summed E-state index contributed by atoms with van der Waals surface area (Å²) in [4.78, 5) is 30.4. The fourth-order valence-corrected chi connectivity index (χ4v) is 6.28. The Hall–Kier alpha value is -2.61. The van der Waals surface area contributed by atoms with E-state index in [-0.39, 0.29) is 29.5 Å². The summed E-state index contributed by atoms with van der Waals surface area (Å²) in [6.07, 6.45) is 7.33. The molecule has 6 nitrogen and oxygen atoms in total. The lowest BCUT2D eigenvalue weighted by atomic mass is 9.83. The van der Waals surface area contributed by atoms with Gasteiger partial charge < -0.3 is 15.0 Å². The third kappa shape index (κ3) is 7.96. The number of benzene rings is 2. The number of ether oxygens (including phenoxy) is 1. The molecule has 1 amide bonds. The van der Waals surface area contributed by atoms with Crippen LogP contribution in [0.2, 0.25) is 0 Å². The van der Waals surface area contributed by atoms with E-state index in [2.05, 4.69) is 27.2 Å². The van der Waals surface area contributed by atoms with E-state index in [1.807, 2.05) is 12.1 Å². The molecule has 7 heteroatoms. The molecule has 0 aromatic heterocycles. The van der Waals surface area contributed by atoms with Crippen LogP contribution in [0.4, 0.5) is 4.39 Å². The van der Waals surface area contributed by atoms with Gasteiger partial charge in [-0.25, -0.2) is 4.39 Å². The Morgan fingerprint density at radius 3 is 2.10 bits per heavy atom. The zero-order chi connectivity index (χ0) is 27.0. The molecule has 1 aliphatic carbocycles. The molecule has 2 saturated heterocycles. The van der Waals surface area contributed by atoms with Crippen molar-refractivity contribution in [2.24, 2.45) is 11.8 Å². The van der Waals surface area contributed by atoms with E-state index in [0.29, 0.717) is 11.5 Å². The third-order valence-electron chi connectivity index (χ3n) is 8.85. The zero-order valence-electron chi connectivity index (χ0n) is 23.0. The number of nitrogens with zero attached hydrogens (tertiary/aromatic N) is 2. The van der Waals surface area contributed by atoms with E-state index >= 15 is 0 Å². The van der Waals surface area contributed by atoms with Crippen molar-refractivity contribution in [1.29, 1.82) is 0 Å². The summed E-state index contributed by atoms with van der Waals surface area (Å²) in [5, 5.41) is 3.26. The molecule has 0 unspecified atom stereocenters. The second-order valence-electron chi connectivity index (χ2n) is 11.6. The number of rotatable bonds is 9. The lowest BCUT2D eigenvalue weighted by molar-refractivity contribution is 0.0342. The van der Waals surface area contributed by atoms with Crippen LogP contribution in [-0.2, 0) is 11.3 Å². The van der Waals surface area contributed by atoms with Gasteiger partial charge in [0.2, 0.25) is 0 Å². The summed E-state index contributed by atoms with van der Waals surface area (Å²) in [5.41, 5.74) is 2.60. The topological polar surface area (TPSA) is 61.9 Å². The van der Waals surface area contributed by atoms with Gasteiger partial charge in [0.1, 0.15) is 5.82 Å². The third-order valence-corrected chi connectivity index (χ3v) is 8.85. The molecule has 0 spiro atoms. The monoisotopic (exact) mass is 535 g/mol. The number of carbonyl (C=O) groups excluding carboxylic acids is 2. The van der Waals surface area contributed by atoms with E-state index in [0.717, 1.165) is 96.6 Å². The summed E-state index contributed by atoms with van der Waals surface area (Å²) >= 11 is 0. The first-order chi connectivity index (χ1) is 19.0. The van der Waals surface area contributed by atoms with Gasteiger partial charge in [-0.05, 0) is 112 Å². The number of carbonyl (C=O) groups is 2. The largest absolute Gasteiger partial charge is 0.379 e. The first kappa shape index (κ1) is 27.9. The zero-order valence-corrected chi connectivity index (χ0v) is 23.0. The van der Waals surface area contributed by atoms with Gasteiger partial charge in [-0.1, -0.05) is 12.1 Å². The molecule has 39 heavy (non-hydrogen) atoms. The number of nitrogens with one attached hydrogen (secondary N) is 1. The van der Waals surface area contributed by atoms with Gasteiger partial charge in [-0.15, -0.1) is 0 Å². The summed E-state index contributed by atoms with van der Waals surface area (Å²) in [6, 6.07) is 14.3. The normalized spacial score (nSPS) is 23.4. The molecule has 1 saturated carbocycles. The maximum Gasteiger partial charge on any atom is 0.251 e. The van der Waals surface area contributed by atoms with E-state index in [4.69, 9.17) is 4.74 Å². The van der Waals surface area contributed by atoms with Gasteiger partial charge in [0.05, 0.1) is 13.2 Å². The maximum atomic E-state index is 13.2. The Bertz CT molecular complexity index is 1070. The van der Waals surface area contributed by atoms with Crippen LogP contribution >= 0.6 is 0 Å². The van der Waals surface area contributed by atoms with Crippen molar-refractivity contribution in [3.8, 4) is 0 Å². The fourth-order valence-electron chi connectivity index (χ4n) is 6.28. The second kappa shape index (κ2) is 13.6. The van der Waals surface area contributed by atoms with Crippen molar-refractivity contribution >= 4 is 11.7 Å². The SMILES string of the molecule is O=C(NC1CCC(CCN2CCC(C(=O)c3ccc(F)cc3)CC2)CC1)c1ccc(CN2CCOCC2)cc1. The van der Waals surface area contributed by atoms with Crippen LogP contribution in [0.15, 0.2) is 48.5 Å². The summed E-state index contributed by atoms with van der Waals surface area (Å²) < 4.78 is 18.6. The van der Waals surface area contributed by atoms with Gasteiger partial charge in [0.15, 0.2) is 5.78 Å². The first-order valence-electron chi connectivity index (χ1n) is 14.8. The Kier molecular flexibility index (Phi) is 9.77. The lowest BCUT2D eigenvalue weighted by Gasteiger charge is -2.34. The minimum absolute atomic E-state index is 0.0365. The van der Waals surface area contributed by atoms with Crippen LogP contribution < -0.4 is 5.32 Å². The standard InChI is InChI=1S/C32H42FN3O3/c33-29-9-7-26(8-10-29)31(37)27-14-17-35(18-15-27)16-13-24-3-11-30(12-4-24)34-32(38)28-5-1-25(2-6-28)23-36-19-21-39-22-20-36/h1-2,5-10,24,27,30H,3-4,11-23H2,(H,34,38). The van der Waals surface area contributed by atoms with Crippen LogP contribution in [0.25, 0.3) is 0 Å². The number of morpholine rings is 1. The van der Waals surface area contributed by atoms with Crippen LogP contribution in [0.1, 0.15) is 71.2 Å². The Labute approximate surface area is 231 Å². The number of hydrogen-bond acceptors (Lipinski definition) is 5. The molecular weight excluding hydrogens is 493 g/mol. The molecule has 0 atom stereocenters. The molecule has 3 aliphatic rings. The van der Waals surface area contributed by atoms with E-state index in [1.165, 1.54) is 24.1 Å². The smallest absolute Gasteiger partial charge is 0.251 e. The number of Topliss-reactive ketones (excluding diaryl/α,β-unsaturated/α-hetero) is 1. The molecule has 2 aliphatic heterocycles. The average Bonchev–Trinajstić information content (AvgIpc) is 2.98. The number of ketones is 1. The average molecular weight is 536 g/mol. The van der Waals surface area contributed by atoms with E-state index < -0.39 is 0 Å². The number of halogens is 1. The van der Waals surface area contributed by atoms with Gasteiger partial charge >= 0.3 is 0 Å². The number of likely N-dealkylation sites (tertiary alicyclic amines) is 1. The Morgan fingerprint density at radius 2 is 1.44 bits per heavy atom. The van der Waals surface area contributed by atoms with Crippen molar-refractivity contribution in [3.63, 3.8) is 0 Å². The summed E-state index contributed by atoms with van der Waals surface area (Å²) in [7, 11) is 0. The predicted octanol–water partition coefficient (Wildman–Crippen LogP) is 4.93. The second-order valence-corrected chi connectivity index (χ2v) is 11.6. The molecule has 210 valence electrons. The first-order valence-corrected chi connectivity index (χ1v) is 14.8. The van der Waals surface area contributed by atoms with Gasteiger partial charge in [0.25, 0.3) is 5.91 Å². The molecule has 0 radical (unpaired) electrons. The number of hydrogen-bond donors (Lipinski definition) is 1. The Morgan fingerprint density at radius 1 is 0.795 bits per heavy atom. The number of piperidine rings is 1. The summed E-state index contributed by atoms with van der Waals surface area (Å²) in [5.74, 6) is 0.638. The highest BCUT2D eigenvalue weighted by Crippen LogP contribution is 2.29. The van der Waals surface area contributed by atoms with Crippen molar-refractivity contribution in [2.75, 3.05) is 45.9 Å². The predicted molar refractivity (Wildman–Crippen MR) is 150 cm³/mol. The van der Waals surface area contributed by atoms with Crippen LogP contribution in [0.5, 0.6) is 0 Å². The summed E-state index contributed by atoms with van der Waals surface area (Å²) in [6.45, 7) is 7.40. The quantitative estimate of drug-likeness (QED) is 0.462. The molecule has 1 N–H and O–H groups in total. The van der Waals surface area contributed by atoms with Gasteiger partial charge in [-0.2, -0.15) is 0 Å². The van der Waals surface area contributed by atoms with Crippen LogP contribution in [0, 0.1) is 17.7 Å². The molecule has 2 heterocycles. The molecule has 5 rings (SSSR count). The molecule has 2 aromatic rings. The van der Waals surface area contributed by atoms with E-state index in [1.54, 1.807) is 12.1 Å². The minimum atomic E-state index is -0.303. The van der Waals surface area contributed by atoms with Crippen molar-refractivity contribution in [1.82, 2.24) is 15.1 Å². The van der Waals surface area contributed by atoms with E-state index in [9.17, 15) is 14.0 Å². The maximum absolute atomic E-state index is 13.2. The lowest BCUT2D eigenvalue weighted by Crippen LogP contribution is -2.39. The molecular formula is C32H42FN3O3. The Balaban J connectivity index is 0.974. The van der Waals surface area contributed by atoms with Crippen molar-refractivity contribution in [3.05, 3.63) is 71.0 Å². The highest BCUT2D eigenvalue weighted by atomic mass is 19.1. The minimum Gasteiger partial charge on any atom is -0.379 e. The number of amides is 1. The fraction of sp³-hybridized carbons (Fsp3) is 0.562. The molecule has 2 aromatic carbocycles. The van der Waals surface area contributed by atoms with Crippen LogP contribution in [0.3, 0.4) is 0 Å². The van der Waals surface area contributed by atoms with Crippen molar-refractivity contribution < 1.29 is 18.7 Å². The highest BCUT2D eigenvalue weighted by molar-refractivity contribution is 5.97. The molecule has 0 bridgehead atoms. The highest BCUT2D eigenvalue weighted by Gasteiger charge is 2.27. The molecule has 3 fully saturated rings. The van der Waals surface area contributed by atoms with Crippen LogP contribution in [-0.4, -0.2) is 73.5 Å². The van der Waals surface area contributed by atoms with Gasteiger partial charge in [-0.3, -0.25) is 14.5 Å².